The van der Waals surface area contributed by atoms with E-state index in [0.29, 0.717) is 0 Å². The number of carbonyl (C=O) groups excluding carboxylic acids is 1. The molecule has 0 heterocycles. The number of nitrogens with zero attached hydrogens (tertiary/aromatic N) is 1. The highest BCUT2D eigenvalue weighted by atomic mass is 16.3. The van der Waals surface area contributed by atoms with Crippen LogP contribution in [0.1, 0.15) is 10.4 Å². The van der Waals surface area contributed by atoms with E-state index < -0.39 is 0 Å². The molecule has 0 saturated heterocycles. The third kappa shape index (κ3) is 2.85. The fourth-order valence-electron chi connectivity index (χ4n) is 1.19. The minimum atomic E-state index is -0.366. The molecule has 0 unspecified atom stereocenters. The van der Waals surface area contributed by atoms with E-state index in [0.717, 1.165) is 6.07 Å². The molecule has 0 aliphatic heterocycles. The van der Waals surface area contributed by atoms with Gasteiger partial charge in [-0.2, -0.15) is 0 Å². The second-order valence-corrected chi connectivity index (χ2v) is 3.19. The van der Waals surface area contributed by atoms with E-state index in [1.165, 1.54) is 24.1 Å². The van der Waals surface area contributed by atoms with Crippen molar-refractivity contribution in [2.45, 2.75) is 0 Å². The number of likely N-dealkylation sites (N-methyl/N-ethyl adjacent to an activating group) is 1. The van der Waals surface area contributed by atoms with Crippen LogP contribution >= 0.6 is 0 Å². The summed E-state index contributed by atoms with van der Waals surface area (Å²) in [5.74, 6) is -0.707. The van der Waals surface area contributed by atoms with Gasteiger partial charge in [-0.15, -0.1) is 0 Å². The van der Waals surface area contributed by atoms with Gasteiger partial charge in [0.15, 0.2) is 0 Å². The summed E-state index contributed by atoms with van der Waals surface area (Å²) in [4.78, 5) is 12.9. The number of hydrogen-bond acceptors (Lipinski definition) is 4. The molecule has 15 heavy (non-hydrogen) atoms. The number of carbonyl (C=O) groups is 1. The molecule has 5 heteroatoms. The van der Waals surface area contributed by atoms with Gasteiger partial charge in [-0.3, -0.25) is 4.79 Å². The third-order valence-corrected chi connectivity index (χ3v) is 1.93. The Morgan fingerprint density at radius 2 is 1.80 bits per heavy atom. The summed E-state index contributed by atoms with van der Waals surface area (Å²) in [5, 5.41) is 27.0. The molecule has 0 bridgehead atoms. The van der Waals surface area contributed by atoms with Gasteiger partial charge >= 0.3 is 0 Å². The molecular formula is C10H13NO4. The van der Waals surface area contributed by atoms with Crippen LogP contribution in [0, 0.1) is 0 Å². The maximum absolute atomic E-state index is 11.6. The van der Waals surface area contributed by atoms with Crippen molar-refractivity contribution in [3.63, 3.8) is 0 Å². The average Bonchev–Trinajstić information content (AvgIpc) is 2.15. The number of rotatable bonds is 3. The molecule has 1 amide bonds. The summed E-state index contributed by atoms with van der Waals surface area (Å²) < 4.78 is 0. The monoisotopic (exact) mass is 211 g/mol. The molecule has 3 N–H and O–H groups in total. The molecule has 82 valence electrons. The van der Waals surface area contributed by atoms with Gasteiger partial charge in [0.25, 0.3) is 5.91 Å². The number of aromatic hydroxyl groups is 2. The number of amides is 1. The molecule has 1 aromatic carbocycles. The molecule has 0 radical (unpaired) electrons. The predicted octanol–water partition coefficient (Wildman–Crippen LogP) is 0.162. The van der Waals surface area contributed by atoms with Crippen molar-refractivity contribution in [1.29, 1.82) is 0 Å². The van der Waals surface area contributed by atoms with Crippen LogP contribution in [-0.4, -0.2) is 46.3 Å². The second-order valence-electron chi connectivity index (χ2n) is 3.19. The lowest BCUT2D eigenvalue weighted by Crippen LogP contribution is -2.29. The number of aliphatic hydroxyl groups excluding tert-OH is 1. The van der Waals surface area contributed by atoms with Crippen LogP contribution in [0.3, 0.4) is 0 Å². The van der Waals surface area contributed by atoms with Gasteiger partial charge in [0.2, 0.25) is 0 Å². The molecule has 1 rings (SSSR count). The Hall–Kier alpha value is -1.75. The van der Waals surface area contributed by atoms with Crippen molar-refractivity contribution in [1.82, 2.24) is 4.90 Å². The highest BCUT2D eigenvalue weighted by Gasteiger charge is 2.12. The maximum atomic E-state index is 11.6. The van der Waals surface area contributed by atoms with Crippen LogP contribution in [0.15, 0.2) is 18.2 Å². The molecule has 0 spiro atoms. The summed E-state index contributed by atoms with van der Waals surface area (Å²) in [6.07, 6.45) is 0. The normalized spacial score (nSPS) is 10.0. The molecule has 0 aliphatic carbocycles. The first-order valence-corrected chi connectivity index (χ1v) is 4.44. The van der Waals surface area contributed by atoms with Gasteiger partial charge in [0.1, 0.15) is 11.5 Å². The van der Waals surface area contributed by atoms with E-state index in [1.54, 1.807) is 0 Å². The number of aliphatic hydroxyl groups is 1. The molecule has 1 aromatic rings. The lowest BCUT2D eigenvalue weighted by atomic mass is 10.2. The van der Waals surface area contributed by atoms with Crippen molar-refractivity contribution in [3.05, 3.63) is 23.8 Å². The van der Waals surface area contributed by atoms with Crippen molar-refractivity contribution in [2.75, 3.05) is 20.2 Å². The molecule has 0 atom stereocenters. The largest absolute Gasteiger partial charge is 0.508 e. The van der Waals surface area contributed by atoms with E-state index in [-0.39, 0.29) is 36.1 Å². The Kier molecular flexibility index (Phi) is 3.51. The van der Waals surface area contributed by atoms with E-state index in [2.05, 4.69) is 0 Å². The zero-order valence-corrected chi connectivity index (χ0v) is 8.34. The van der Waals surface area contributed by atoms with Crippen LogP contribution in [0.25, 0.3) is 0 Å². The standard InChI is InChI=1S/C10H13NO4/c1-11(2-3-12)10(15)7-4-8(13)6-9(14)5-7/h4-6,12-14H,2-3H2,1H3. The Morgan fingerprint density at radius 3 is 2.27 bits per heavy atom. The second kappa shape index (κ2) is 4.65. The zero-order chi connectivity index (χ0) is 11.4. The Labute approximate surface area is 87.2 Å². The topological polar surface area (TPSA) is 81.0 Å². The van der Waals surface area contributed by atoms with E-state index >= 15 is 0 Å². The Morgan fingerprint density at radius 1 is 1.27 bits per heavy atom. The molecule has 5 nitrogen and oxygen atoms in total. The summed E-state index contributed by atoms with van der Waals surface area (Å²) in [5.41, 5.74) is 0.184. The van der Waals surface area contributed by atoms with Crippen LogP contribution in [0.5, 0.6) is 11.5 Å². The Bertz CT molecular complexity index is 344. The summed E-state index contributed by atoms with van der Waals surface area (Å²) in [6, 6.07) is 3.66. The number of phenolic OH excluding ortho intramolecular Hbond substituents is 2. The highest BCUT2D eigenvalue weighted by molar-refractivity contribution is 5.94. The van der Waals surface area contributed by atoms with Gasteiger partial charge in [-0.05, 0) is 12.1 Å². The predicted molar refractivity (Wildman–Crippen MR) is 53.8 cm³/mol. The zero-order valence-electron chi connectivity index (χ0n) is 8.34. The van der Waals surface area contributed by atoms with Gasteiger partial charge in [-0.25, -0.2) is 0 Å². The maximum Gasteiger partial charge on any atom is 0.253 e. The fourth-order valence-corrected chi connectivity index (χ4v) is 1.19. The van der Waals surface area contributed by atoms with Gasteiger partial charge in [0.05, 0.1) is 6.61 Å². The van der Waals surface area contributed by atoms with Crippen LogP contribution in [-0.2, 0) is 0 Å². The number of phenols is 2. The summed E-state index contributed by atoms with van der Waals surface area (Å²) >= 11 is 0. The highest BCUT2D eigenvalue weighted by Crippen LogP contribution is 2.21. The van der Waals surface area contributed by atoms with Crippen LogP contribution in [0.4, 0.5) is 0 Å². The minimum absolute atomic E-state index is 0.132. The smallest absolute Gasteiger partial charge is 0.253 e. The Balaban J connectivity index is 2.90. The van der Waals surface area contributed by atoms with Crippen molar-refractivity contribution in [3.8, 4) is 11.5 Å². The molecule has 0 aliphatic rings. The van der Waals surface area contributed by atoms with Gasteiger partial charge < -0.3 is 20.2 Å². The first-order valence-electron chi connectivity index (χ1n) is 4.44. The number of hydrogen-bond donors (Lipinski definition) is 3. The molecule has 0 fully saturated rings. The quantitative estimate of drug-likeness (QED) is 0.665. The van der Waals surface area contributed by atoms with E-state index in [4.69, 9.17) is 5.11 Å². The summed E-state index contributed by atoms with van der Waals surface area (Å²) in [7, 11) is 1.53. The molecule has 0 aromatic heterocycles. The first kappa shape index (κ1) is 11.3. The minimum Gasteiger partial charge on any atom is -0.508 e. The molecule has 0 saturated carbocycles. The first-order chi connectivity index (χ1) is 7.04. The van der Waals surface area contributed by atoms with Crippen LogP contribution < -0.4 is 0 Å². The SMILES string of the molecule is CN(CCO)C(=O)c1cc(O)cc(O)c1. The van der Waals surface area contributed by atoms with Crippen LogP contribution in [0.2, 0.25) is 0 Å². The van der Waals surface area contributed by atoms with Gasteiger partial charge in [-0.1, -0.05) is 0 Å². The van der Waals surface area contributed by atoms with Gasteiger partial charge in [0, 0.05) is 25.2 Å². The van der Waals surface area contributed by atoms with Crippen molar-refractivity contribution < 1.29 is 20.1 Å². The average molecular weight is 211 g/mol. The van der Waals surface area contributed by atoms with Crippen molar-refractivity contribution >= 4 is 5.91 Å². The summed E-state index contributed by atoms with van der Waals surface area (Å²) in [6.45, 7) is 0.0717. The van der Waals surface area contributed by atoms with E-state index in [9.17, 15) is 15.0 Å². The van der Waals surface area contributed by atoms with E-state index in [1.807, 2.05) is 0 Å². The number of benzene rings is 1. The molecular weight excluding hydrogens is 198 g/mol. The fraction of sp³-hybridized carbons (Fsp3) is 0.300. The lowest BCUT2D eigenvalue weighted by molar-refractivity contribution is 0.0766. The van der Waals surface area contributed by atoms with Crippen molar-refractivity contribution in [2.24, 2.45) is 0 Å². The lowest BCUT2D eigenvalue weighted by Gasteiger charge is -2.15. The third-order valence-electron chi connectivity index (χ3n) is 1.93.